The summed E-state index contributed by atoms with van der Waals surface area (Å²) in [7, 11) is 1.60. The van der Waals surface area contributed by atoms with Gasteiger partial charge in [-0.1, -0.05) is 35.3 Å². The van der Waals surface area contributed by atoms with Crippen molar-refractivity contribution in [1.82, 2.24) is 4.98 Å². The smallest absolute Gasteiger partial charge is 0.230 e. The van der Waals surface area contributed by atoms with E-state index in [1.165, 1.54) is 11.3 Å². The van der Waals surface area contributed by atoms with E-state index in [4.69, 9.17) is 10.5 Å². The van der Waals surface area contributed by atoms with E-state index >= 15 is 0 Å². The molecule has 1 aromatic heterocycles. The molecule has 0 aliphatic carbocycles. The maximum absolute atomic E-state index is 12.0. The van der Waals surface area contributed by atoms with Crippen molar-refractivity contribution in [2.45, 2.75) is 6.42 Å². The van der Waals surface area contributed by atoms with E-state index in [1.807, 2.05) is 24.3 Å². The number of amides is 1. The van der Waals surface area contributed by atoms with Gasteiger partial charge in [0, 0.05) is 0 Å². The number of rotatable bonds is 4. The van der Waals surface area contributed by atoms with Crippen molar-refractivity contribution in [1.29, 1.82) is 0 Å². The number of nitrogens with one attached hydrogen (secondary N) is 1. The molecule has 0 atom stereocenters. The average molecular weight is 301 g/mol. The highest BCUT2D eigenvalue weighted by Crippen LogP contribution is 2.18. The number of methoxy groups -OCH3 is 1. The summed E-state index contributed by atoms with van der Waals surface area (Å²) in [5.74, 6) is 6.22. The molecular weight excluding hydrogens is 286 g/mol. The molecule has 0 spiro atoms. The fourth-order valence-corrected chi connectivity index (χ4v) is 2.37. The first-order chi connectivity index (χ1) is 10.2. The lowest BCUT2D eigenvalue weighted by Gasteiger charge is -2.04. The van der Waals surface area contributed by atoms with Crippen molar-refractivity contribution in [3.63, 3.8) is 0 Å². The number of benzene rings is 1. The zero-order valence-electron chi connectivity index (χ0n) is 11.6. The van der Waals surface area contributed by atoms with Crippen molar-refractivity contribution in [3.05, 3.63) is 40.9 Å². The third kappa shape index (κ3) is 4.60. The second-order valence-electron chi connectivity index (χ2n) is 4.11. The van der Waals surface area contributed by atoms with E-state index < -0.39 is 0 Å². The first-order valence-corrected chi connectivity index (χ1v) is 7.10. The van der Waals surface area contributed by atoms with Crippen LogP contribution in [0.25, 0.3) is 0 Å². The van der Waals surface area contributed by atoms with Gasteiger partial charge in [-0.3, -0.25) is 4.79 Å². The molecule has 108 valence electrons. The Morgan fingerprint density at radius 1 is 1.52 bits per heavy atom. The fraction of sp³-hybridized carbons (Fsp3) is 0.200. The van der Waals surface area contributed by atoms with Gasteiger partial charge < -0.3 is 15.8 Å². The van der Waals surface area contributed by atoms with Crippen LogP contribution in [-0.2, 0) is 11.2 Å². The number of hydrogen-bond acceptors (Lipinski definition) is 5. The lowest BCUT2D eigenvalue weighted by molar-refractivity contribution is -0.115. The Morgan fingerprint density at radius 3 is 3.14 bits per heavy atom. The van der Waals surface area contributed by atoms with Crippen LogP contribution >= 0.6 is 11.3 Å². The molecule has 1 heterocycles. The van der Waals surface area contributed by atoms with E-state index in [9.17, 15) is 4.79 Å². The van der Waals surface area contributed by atoms with Crippen molar-refractivity contribution in [2.24, 2.45) is 5.73 Å². The maximum Gasteiger partial charge on any atom is 0.230 e. The molecular formula is C15H15N3O2S. The Labute approximate surface area is 127 Å². The van der Waals surface area contributed by atoms with E-state index in [2.05, 4.69) is 22.1 Å². The van der Waals surface area contributed by atoms with Crippen molar-refractivity contribution >= 4 is 22.4 Å². The van der Waals surface area contributed by atoms with E-state index in [0.29, 0.717) is 11.7 Å². The highest BCUT2D eigenvalue weighted by molar-refractivity contribution is 7.16. The number of hydrogen-bond donors (Lipinski definition) is 2. The third-order valence-electron chi connectivity index (χ3n) is 2.56. The van der Waals surface area contributed by atoms with E-state index in [0.717, 1.165) is 16.2 Å². The molecule has 6 heteroatoms. The minimum absolute atomic E-state index is 0.129. The van der Waals surface area contributed by atoms with Gasteiger partial charge >= 0.3 is 0 Å². The maximum atomic E-state index is 12.0. The second kappa shape index (κ2) is 7.43. The van der Waals surface area contributed by atoms with Crippen LogP contribution in [0.4, 0.5) is 5.13 Å². The Bertz CT molecular complexity index is 685. The number of ether oxygens (including phenoxy) is 1. The van der Waals surface area contributed by atoms with Crippen LogP contribution in [0.3, 0.4) is 0 Å². The molecule has 0 fully saturated rings. The molecule has 0 radical (unpaired) electrons. The molecule has 2 rings (SSSR count). The highest BCUT2D eigenvalue weighted by atomic mass is 32.1. The minimum atomic E-state index is -0.129. The number of carbonyl (C=O) groups excluding carboxylic acids is 1. The molecule has 0 unspecified atom stereocenters. The monoisotopic (exact) mass is 301 g/mol. The quantitative estimate of drug-likeness (QED) is 0.842. The van der Waals surface area contributed by atoms with Crippen molar-refractivity contribution in [2.75, 3.05) is 19.0 Å². The number of carbonyl (C=O) groups is 1. The van der Waals surface area contributed by atoms with Crippen LogP contribution in [0, 0.1) is 11.8 Å². The third-order valence-corrected chi connectivity index (χ3v) is 3.39. The van der Waals surface area contributed by atoms with E-state index in [1.54, 1.807) is 13.3 Å². The van der Waals surface area contributed by atoms with Gasteiger partial charge in [-0.25, -0.2) is 4.98 Å². The molecule has 3 N–H and O–H groups in total. The topological polar surface area (TPSA) is 77.2 Å². The number of thiazole rings is 1. The molecule has 2 aromatic rings. The van der Waals surface area contributed by atoms with E-state index in [-0.39, 0.29) is 12.3 Å². The Balaban J connectivity index is 1.96. The summed E-state index contributed by atoms with van der Waals surface area (Å²) in [6, 6.07) is 7.40. The zero-order chi connectivity index (χ0) is 15.1. The van der Waals surface area contributed by atoms with Gasteiger partial charge in [0.1, 0.15) is 5.75 Å². The van der Waals surface area contributed by atoms with Gasteiger partial charge in [0.05, 0.1) is 31.1 Å². The Kier molecular flexibility index (Phi) is 5.32. The standard InChI is InChI=1S/C15H15N3O2S/c1-20-12-5-2-4-11(8-12)9-14(19)18-15-17-10-13(21-15)6-3-7-16/h2,4-5,8,10H,7,9,16H2,1H3,(H,17,18,19). The van der Waals surface area contributed by atoms with Gasteiger partial charge in [0.15, 0.2) is 5.13 Å². The molecule has 5 nitrogen and oxygen atoms in total. The van der Waals surface area contributed by atoms with Gasteiger partial charge in [-0.2, -0.15) is 0 Å². The lowest BCUT2D eigenvalue weighted by Crippen LogP contribution is -2.14. The van der Waals surface area contributed by atoms with Crippen LogP contribution in [0.2, 0.25) is 0 Å². The first-order valence-electron chi connectivity index (χ1n) is 6.29. The normalized spacial score (nSPS) is 9.62. The highest BCUT2D eigenvalue weighted by Gasteiger charge is 2.07. The van der Waals surface area contributed by atoms with Crippen molar-refractivity contribution in [3.8, 4) is 17.6 Å². The molecule has 0 bridgehead atoms. The number of nitrogens with zero attached hydrogens (tertiary/aromatic N) is 1. The van der Waals surface area contributed by atoms with Crippen LogP contribution < -0.4 is 15.8 Å². The Hall–Kier alpha value is -2.36. The molecule has 1 amide bonds. The molecule has 0 aliphatic heterocycles. The van der Waals surface area contributed by atoms with Crippen molar-refractivity contribution < 1.29 is 9.53 Å². The number of nitrogens with two attached hydrogens (primary N) is 1. The van der Waals surface area contributed by atoms with Crippen LogP contribution in [0.5, 0.6) is 5.75 Å². The molecule has 0 saturated carbocycles. The number of aromatic nitrogens is 1. The summed E-state index contributed by atoms with van der Waals surface area (Å²) in [4.78, 5) is 16.8. The van der Waals surface area contributed by atoms with Gasteiger partial charge in [-0.15, -0.1) is 0 Å². The van der Waals surface area contributed by atoms with Crippen LogP contribution in [0.15, 0.2) is 30.5 Å². The Morgan fingerprint density at radius 2 is 2.38 bits per heavy atom. The summed E-state index contributed by atoms with van der Waals surface area (Å²) >= 11 is 1.32. The van der Waals surface area contributed by atoms with Gasteiger partial charge in [0.2, 0.25) is 5.91 Å². The summed E-state index contributed by atoms with van der Waals surface area (Å²) in [5.41, 5.74) is 6.19. The SMILES string of the molecule is COc1cccc(CC(=O)Nc2ncc(C#CCN)s2)c1. The van der Waals surface area contributed by atoms with Crippen LogP contribution in [0.1, 0.15) is 10.4 Å². The first kappa shape index (κ1) is 15.0. The lowest BCUT2D eigenvalue weighted by atomic mass is 10.1. The predicted octanol–water partition coefficient (Wildman–Crippen LogP) is 1.64. The van der Waals surface area contributed by atoms with Gasteiger partial charge in [0.25, 0.3) is 0 Å². The number of anilines is 1. The molecule has 1 aromatic carbocycles. The summed E-state index contributed by atoms with van der Waals surface area (Å²) < 4.78 is 5.13. The molecule has 0 aliphatic rings. The molecule has 21 heavy (non-hydrogen) atoms. The summed E-state index contributed by atoms with van der Waals surface area (Å²) in [6.45, 7) is 0.301. The zero-order valence-corrected chi connectivity index (χ0v) is 12.4. The molecule has 0 saturated heterocycles. The van der Waals surface area contributed by atoms with Gasteiger partial charge in [-0.05, 0) is 17.7 Å². The summed E-state index contributed by atoms with van der Waals surface area (Å²) in [5, 5.41) is 3.29. The average Bonchev–Trinajstić information content (AvgIpc) is 2.92. The minimum Gasteiger partial charge on any atom is -0.497 e. The fourth-order valence-electron chi connectivity index (χ4n) is 1.66. The second-order valence-corrected chi connectivity index (χ2v) is 5.14. The largest absolute Gasteiger partial charge is 0.497 e. The summed E-state index contributed by atoms with van der Waals surface area (Å²) in [6.07, 6.45) is 1.88. The van der Waals surface area contributed by atoms with Crippen LogP contribution in [-0.4, -0.2) is 24.5 Å². The predicted molar refractivity (Wildman–Crippen MR) is 83.4 cm³/mol.